The van der Waals surface area contributed by atoms with Gasteiger partial charge < -0.3 is 4.74 Å². The minimum Gasteiger partial charge on any atom is -0.371 e. The number of ether oxygens (including phenoxy) is 1. The zero-order valence-electron chi connectivity index (χ0n) is 8.88. The monoisotopic (exact) mass is 246 g/mol. The Bertz CT molecular complexity index is 267. The van der Waals surface area contributed by atoms with Crippen LogP contribution in [0.1, 0.15) is 18.1 Å². The van der Waals surface area contributed by atoms with Crippen molar-refractivity contribution in [3.8, 4) is 0 Å². The molecule has 0 saturated heterocycles. The van der Waals surface area contributed by atoms with E-state index in [1.165, 1.54) is 5.56 Å². The number of hydrogen-bond donors (Lipinski definition) is 0. The summed E-state index contributed by atoms with van der Waals surface area (Å²) >= 11 is 11.3. The smallest absolute Gasteiger partial charge is 0.0849 e. The van der Waals surface area contributed by atoms with Crippen molar-refractivity contribution in [2.45, 2.75) is 26.1 Å². The maximum Gasteiger partial charge on any atom is 0.0849 e. The molecule has 0 saturated carbocycles. The van der Waals surface area contributed by atoms with Crippen molar-refractivity contribution in [3.63, 3.8) is 0 Å². The number of benzene rings is 1. The van der Waals surface area contributed by atoms with Gasteiger partial charge in [0.2, 0.25) is 0 Å². The van der Waals surface area contributed by atoms with Crippen LogP contribution in [-0.4, -0.2) is 17.9 Å². The number of alkyl halides is 2. The summed E-state index contributed by atoms with van der Waals surface area (Å²) in [6.07, 6.45) is 1.01. The Kier molecular flexibility index (Phi) is 6.07. The molecule has 0 aromatic heterocycles. The molecule has 0 aliphatic rings. The molecular weight excluding hydrogens is 231 g/mol. The normalized spacial score (nSPS) is 10.9. The number of hydrogen-bond acceptors (Lipinski definition) is 1. The van der Waals surface area contributed by atoms with Gasteiger partial charge in [-0.3, -0.25) is 0 Å². The summed E-state index contributed by atoms with van der Waals surface area (Å²) in [5.41, 5.74) is 2.50. The zero-order valence-corrected chi connectivity index (χ0v) is 10.4. The van der Waals surface area contributed by atoms with Crippen LogP contribution in [-0.2, 0) is 17.8 Å². The second-order valence-electron chi connectivity index (χ2n) is 3.41. The molecule has 0 aliphatic heterocycles. The lowest BCUT2D eigenvalue weighted by atomic mass is 10.1. The predicted molar refractivity (Wildman–Crippen MR) is 65.8 cm³/mol. The maximum absolute atomic E-state index is 5.67. The first-order valence-corrected chi connectivity index (χ1v) is 6.18. The van der Waals surface area contributed by atoms with E-state index >= 15 is 0 Å². The van der Waals surface area contributed by atoms with Gasteiger partial charge in [-0.25, -0.2) is 0 Å². The molecular formula is C12H16Cl2O. The van der Waals surface area contributed by atoms with E-state index in [9.17, 15) is 0 Å². The molecule has 0 atom stereocenters. The molecule has 1 rings (SSSR count). The van der Waals surface area contributed by atoms with Crippen molar-refractivity contribution >= 4 is 23.2 Å². The van der Waals surface area contributed by atoms with E-state index in [0.717, 1.165) is 12.0 Å². The molecule has 0 spiro atoms. The SMILES string of the molecule is CCc1ccc(COC(CCl)CCl)cc1. The molecule has 0 heterocycles. The summed E-state index contributed by atoms with van der Waals surface area (Å²) in [6, 6.07) is 8.40. The number of rotatable bonds is 6. The molecule has 84 valence electrons. The second-order valence-corrected chi connectivity index (χ2v) is 4.03. The van der Waals surface area contributed by atoms with Crippen LogP contribution in [0.4, 0.5) is 0 Å². The van der Waals surface area contributed by atoms with Crippen LogP contribution in [0, 0.1) is 0 Å². The van der Waals surface area contributed by atoms with Crippen molar-refractivity contribution in [1.82, 2.24) is 0 Å². The third-order valence-electron chi connectivity index (χ3n) is 2.26. The summed E-state index contributed by atoms with van der Waals surface area (Å²) in [6.45, 7) is 2.72. The van der Waals surface area contributed by atoms with Crippen LogP contribution in [0.5, 0.6) is 0 Å². The first-order valence-electron chi connectivity index (χ1n) is 5.11. The maximum atomic E-state index is 5.67. The average molecular weight is 247 g/mol. The van der Waals surface area contributed by atoms with Crippen molar-refractivity contribution in [2.75, 3.05) is 11.8 Å². The summed E-state index contributed by atoms with van der Waals surface area (Å²) in [7, 11) is 0. The van der Waals surface area contributed by atoms with Crippen LogP contribution in [0.3, 0.4) is 0 Å². The van der Waals surface area contributed by atoms with Gasteiger partial charge in [0.15, 0.2) is 0 Å². The molecule has 15 heavy (non-hydrogen) atoms. The van der Waals surface area contributed by atoms with E-state index in [4.69, 9.17) is 27.9 Å². The van der Waals surface area contributed by atoms with Gasteiger partial charge in [-0.1, -0.05) is 31.2 Å². The summed E-state index contributed by atoms with van der Waals surface area (Å²) in [5, 5.41) is 0. The standard InChI is InChI=1S/C12H16Cl2O/c1-2-10-3-5-11(6-4-10)9-15-12(7-13)8-14/h3-6,12H,2,7-9H2,1H3. The first kappa shape index (κ1) is 12.8. The van der Waals surface area contributed by atoms with Gasteiger partial charge in [0.25, 0.3) is 0 Å². The Morgan fingerprint density at radius 3 is 2.07 bits per heavy atom. The second kappa shape index (κ2) is 7.10. The van der Waals surface area contributed by atoms with Gasteiger partial charge >= 0.3 is 0 Å². The lowest BCUT2D eigenvalue weighted by Crippen LogP contribution is -2.16. The largest absolute Gasteiger partial charge is 0.371 e. The number of halogens is 2. The van der Waals surface area contributed by atoms with E-state index in [2.05, 4.69) is 31.2 Å². The fourth-order valence-corrected chi connectivity index (χ4v) is 1.72. The summed E-state index contributed by atoms with van der Waals surface area (Å²) < 4.78 is 5.54. The van der Waals surface area contributed by atoms with Crippen LogP contribution in [0.2, 0.25) is 0 Å². The molecule has 0 aliphatic carbocycles. The van der Waals surface area contributed by atoms with E-state index in [1.807, 2.05) is 0 Å². The third-order valence-corrected chi connectivity index (χ3v) is 2.95. The van der Waals surface area contributed by atoms with Crippen LogP contribution >= 0.6 is 23.2 Å². The Hall–Kier alpha value is -0.240. The van der Waals surface area contributed by atoms with E-state index in [-0.39, 0.29) is 6.10 Å². The molecule has 3 heteroatoms. The van der Waals surface area contributed by atoms with E-state index < -0.39 is 0 Å². The predicted octanol–water partition coefficient (Wildman–Crippen LogP) is 3.61. The van der Waals surface area contributed by atoms with Crippen LogP contribution in [0.25, 0.3) is 0 Å². The molecule has 0 unspecified atom stereocenters. The van der Waals surface area contributed by atoms with Crippen LogP contribution < -0.4 is 0 Å². The van der Waals surface area contributed by atoms with Gasteiger partial charge in [0, 0.05) is 11.8 Å². The fourth-order valence-electron chi connectivity index (χ4n) is 1.22. The Balaban J connectivity index is 2.43. The highest BCUT2D eigenvalue weighted by atomic mass is 35.5. The molecule has 0 amide bonds. The van der Waals surface area contributed by atoms with Crippen molar-refractivity contribution in [3.05, 3.63) is 35.4 Å². The Morgan fingerprint density at radius 2 is 1.60 bits per heavy atom. The molecule has 0 bridgehead atoms. The highest BCUT2D eigenvalue weighted by molar-refractivity contribution is 6.21. The van der Waals surface area contributed by atoms with Gasteiger partial charge in [0.05, 0.1) is 12.7 Å². The van der Waals surface area contributed by atoms with Crippen molar-refractivity contribution < 1.29 is 4.74 Å². The molecule has 1 aromatic carbocycles. The minimum absolute atomic E-state index is 0.0563. The van der Waals surface area contributed by atoms with E-state index in [1.54, 1.807) is 0 Å². The van der Waals surface area contributed by atoms with Crippen molar-refractivity contribution in [1.29, 1.82) is 0 Å². The molecule has 0 radical (unpaired) electrons. The van der Waals surface area contributed by atoms with Gasteiger partial charge in [-0.05, 0) is 17.5 Å². The number of aryl methyl sites for hydroxylation is 1. The topological polar surface area (TPSA) is 9.23 Å². The molecule has 1 aromatic rings. The fraction of sp³-hybridized carbons (Fsp3) is 0.500. The molecule has 0 fully saturated rings. The lowest BCUT2D eigenvalue weighted by molar-refractivity contribution is 0.0701. The van der Waals surface area contributed by atoms with Crippen LogP contribution in [0.15, 0.2) is 24.3 Å². The highest BCUT2D eigenvalue weighted by Crippen LogP contribution is 2.08. The third kappa shape index (κ3) is 4.42. The Labute approximate surface area is 101 Å². The average Bonchev–Trinajstić information content (AvgIpc) is 2.31. The van der Waals surface area contributed by atoms with Gasteiger partial charge in [0.1, 0.15) is 0 Å². The van der Waals surface area contributed by atoms with Gasteiger partial charge in [-0.2, -0.15) is 0 Å². The minimum atomic E-state index is -0.0563. The Morgan fingerprint density at radius 1 is 1.07 bits per heavy atom. The summed E-state index contributed by atoms with van der Waals surface area (Å²) in [5.74, 6) is 0.882. The molecule has 1 nitrogen and oxygen atoms in total. The van der Waals surface area contributed by atoms with Crippen molar-refractivity contribution in [2.24, 2.45) is 0 Å². The summed E-state index contributed by atoms with van der Waals surface area (Å²) in [4.78, 5) is 0. The van der Waals surface area contributed by atoms with E-state index in [0.29, 0.717) is 18.4 Å². The highest BCUT2D eigenvalue weighted by Gasteiger charge is 2.05. The lowest BCUT2D eigenvalue weighted by Gasteiger charge is -2.11. The quantitative estimate of drug-likeness (QED) is 0.698. The first-order chi connectivity index (χ1) is 7.30. The van der Waals surface area contributed by atoms with Gasteiger partial charge in [-0.15, -0.1) is 23.2 Å². The zero-order chi connectivity index (χ0) is 11.1. The molecule has 0 N–H and O–H groups in total.